The molecule has 0 amide bonds. The first-order valence-corrected chi connectivity index (χ1v) is 4.38. The van der Waals surface area contributed by atoms with E-state index in [1.807, 2.05) is 4.68 Å². The van der Waals surface area contributed by atoms with Crippen LogP contribution in [0.1, 0.15) is 19.2 Å². The third-order valence-electron chi connectivity index (χ3n) is 2.09. The van der Waals surface area contributed by atoms with Crippen LogP contribution < -0.4 is 0 Å². The summed E-state index contributed by atoms with van der Waals surface area (Å²) in [6.07, 6.45) is 4.18. The Morgan fingerprint density at radius 1 is 1.75 bits per heavy atom. The quantitative estimate of drug-likeness (QED) is 0.618. The van der Waals surface area contributed by atoms with Gasteiger partial charge < -0.3 is 4.74 Å². The molecule has 0 bridgehead atoms. The summed E-state index contributed by atoms with van der Waals surface area (Å²) >= 11 is 0. The van der Waals surface area contributed by atoms with Crippen molar-refractivity contribution in [3.05, 3.63) is 12.2 Å². The summed E-state index contributed by atoms with van der Waals surface area (Å²) in [5, 5.41) is 4.10. The molecular weight excluding hydrogens is 154 g/mol. The van der Waals surface area contributed by atoms with Crippen LogP contribution in [0.4, 0.5) is 0 Å². The van der Waals surface area contributed by atoms with E-state index in [2.05, 4.69) is 17.0 Å². The monoisotopic (exact) mass is 167 g/mol. The lowest BCUT2D eigenvalue weighted by molar-refractivity contribution is 0.393. The fraction of sp³-hybridized carbons (Fsp3) is 0.750. The van der Waals surface area contributed by atoms with Crippen LogP contribution in [-0.2, 0) is 17.7 Å². The third kappa shape index (κ3) is 1.64. The molecule has 4 nitrogen and oxygen atoms in total. The molecule has 66 valence electrons. The van der Waals surface area contributed by atoms with Gasteiger partial charge in [-0.2, -0.15) is 5.10 Å². The standard InChI is InChI=1S/C8H13N3O/c1-2-11-8(9-6-10-11)4-3-7-5-12-7/h6-7H,2-5H2,1H3. The lowest BCUT2D eigenvalue weighted by Crippen LogP contribution is -2.04. The zero-order valence-corrected chi connectivity index (χ0v) is 7.23. The smallest absolute Gasteiger partial charge is 0.138 e. The van der Waals surface area contributed by atoms with Crippen molar-refractivity contribution in [3.8, 4) is 0 Å². The molecule has 1 fully saturated rings. The topological polar surface area (TPSA) is 43.2 Å². The Bertz CT molecular complexity index is 255. The molecule has 0 aromatic carbocycles. The first-order chi connectivity index (χ1) is 5.90. The molecule has 0 aliphatic carbocycles. The van der Waals surface area contributed by atoms with Crippen LogP contribution in [0.2, 0.25) is 0 Å². The first kappa shape index (κ1) is 7.73. The largest absolute Gasteiger partial charge is 0.373 e. The molecule has 0 spiro atoms. The van der Waals surface area contributed by atoms with Gasteiger partial charge in [-0.3, -0.25) is 4.68 Å². The minimum atomic E-state index is 0.493. The molecule has 1 saturated heterocycles. The van der Waals surface area contributed by atoms with Crippen LogP contribution in [0.3, 0.4) is 0 Å². The molecule has 1 aromatic rings. The van der Waals surface area contributed by atoms with Crippen molar-refractivity contribution in [1.29, 1.82) is 0 Å². The fourth-order valence-corrected chi connectivity index (χ4v) is 1.27. The molecule has 1 aliphatic rings. The zero-order valence-electron chi connectivity index (χ0n) is 7.23. The second-order valence-electron chi connectivity index (χ2n) is 2.99. The van der Waals surface area contributed by atoms with Crippen LogP contribution in [-0.4, -0.2) is 27.5 Å². The third-order valence-corrected chi connectivity index (χ3v) is 2.09. The second-order valence-corrected chi connectivity index (χ2v) is 2.99. The van der Waals surface area contributed by atoms with E-state index in [1.165, 1.54) is 0 Å². The normalized spacial score (nSPS) is 21.2. The Kier molecular flexibility index (Phi) is 2.08. The van der Waals surface area contributed by atoms with Gasteiger partial charge in [-0.1, -0.05) is 0 Å². The summed E-state index contributed by atoms with van der Waals surface area (Å²) in [7, 11) is 0. The van der Waals surface area contributed by atoms with E-state index in [4.69, 9.17) is 4.74 Å². The van der Waals surface area contributed by atoms with Crippen LogP contribution in [0, 0.1) is 0 Å². The second kappa shape index (κ2) is 3.23. The summed E-state index contributed by atoms with van der Waals surface area (Å²) in [4.78, 5) is 4.18. The summed E-state index contributed by atoms with van der Waals surface area (Å²) < 4.78 is 7.06. The van der Waals surface area contributed by atoms with Gasteiger partial charge in [0.25, 0.3) is 0 Å². The van der Waals surface area contributed by atoms with E-state index >= 15 is 0 Å². The maximum atomic E-state index is 5.12. The predicted octanol–water partition coefficient (Wildman–Crippen LogP) is 0.629. The van der Waals surface area contributed by atoms with Gasteiger partial charge in [-0.05, 0) is 13.3 Å². The number of hydrogen-bond donors (Lipinski definition) is 0. The number of epoxide rings is 1. The Balaban J connectivity index is 1.91. The van der Waals surface area contributed by atoms with E-state index in [-0.39, 0.29) is 0 Å². The Morgan fingerprint density at radius 2 is 2.58 bits per heavy atom. The number of aromatic nitrogens is 3. The van der Waals surface area contributed by atoms with Crippen LogP contribution in [0.25, 0.3) is 0 Å². The van der Waals surface area contributed by atoms with Gasteiger partial charge in [0.2, 0.25) is 0 Å². The molecule has 4 heteroatoms. The average Bonchev–Trinajstić information content (AvgIpc) is 2.81. The summed E-state index contributed by atoms with van der Waals surface area (Å²) in [5.41, 5.74) is 0. The van der Waals surface area contributed by atoms with Crippen molar-refractivity contribution < 1.29 is 4.74 Å². The van der Waals surface area contributed by atoms with E-state index < -0.39 is 0 Å². The Morgan fingerprint density at radius 3 is 3.25 bits per heavy atom. The fourth-order valence-electron chi connectivity index (χ4n) is 1.27. The maximum absolute atomic E-state index is 5.12. The van der Waals surface area contributed by atoms with Crippen molar-refractivity contribution in [3.63, 3.8) is 0 Å². The van der Waals surface area contributed by atoms with Crippen molar-refractivity contribution in [2.45, 2.75) is 32.4 Å². The van der Waals surface area contributed by atoms with Gasteiger partial charge in [0, 0.05) is 13.0 Å². The van der Waals surface area contributed by atoms with Crippen molar-refractivity contribution in [1.82, 2.24) is 14.8 Å². The van der Waals surface area contributed by atoms with Crippen molar-refractivity contribution >= 4 is 0 Å². The molecule has 0 N–H and O–H groups in total. The highest BCUT2D eigenvalue weighted by Gasteiger charge is 2.22. The minimum absolute atomic E-state index is 0.493. The first-order valence-electron chi connectivity index (χ1n) is 4.38. The molecule has 0 saturated carbocycles. The number of rotatable bonds is 4. The van der Waals surface area contributed by atoms with Gasteiger partial charge in [-0.15, -0.1) is 0 Å². The Labute approximate surface area is 71.6 Å². The van der Waals surface area contributed by atoms with E-state index in [9.17, 15) is 0 Å². The van der Waals surface area contributed by atoms with Crippen molar-refractivity contribution in [2.75, 3.05) is 6.61 Å². The van der Waals surface area contributed by atoms with Crippen LogP contribution >= 0.6 is 0 Å². The molecule has 1 atom stereocenters. The summed E-state index contributed by atoms with van der Waals surface area (Å²) in [6.45, 7) is 3.91. The molecule has 2 rings (SSSR count). The molecule has 1 aliphatic heterocycles. The van der Waals surface area contributed by atoms with Gasteiger partial charge in [0.1, 0.15) is 12.2 Å². The highest BCUT2D eigenvalue weighted by atomic mass is 16.6. The van der Waals surface area contributed by atoms with E-state index in [0.29, 0.717) is 6.10 Å². The number of aryl methyl sites for hydroxylation is 2. The highest BCUT2D eigenvalue weighted by molar-refractivity contribution is 4.86. The van der Waals surface area contributed by atoms with Gasteiger partial charge in [0.05, 0.1) is 12.7 Å². The van der Waals surface area contributed by atoms with Gasteiger partial charge >= 0.3 is 0 Å². The summed E-state index contributed by atoms with van der Waals surface area (Å²) in [6, 6.07) is 0. The minimum Gasteiger partial charge on any atom is -0.373 e. The lowest BCUT2D eigenvalue weighted by atomic mass is 10.2. The molecule has 1 unspecified atom stereocenters. The summed E-state index contributed by atoms with van der Waals surface area (Å²) in [5.74, 6) is 1.08. The molecule has 12 heavy (non-hydrogen) atoms. The number of nitrogens with zero attached hydrogens (tertiary/aromatic N) is 3. The van der Waals surface area contributed by atoms with Gasteiger partial charge in [0.15, 0.2) is 0 Å². The van der Waals surface area contributed by atoms with Gasteiger partial charge in [-0.25, -0.2) is 4.98 Å². The predicted molar refractivity (Wildman–Crippen MR) is 43.8 cm³/mol. The maximum Gasteiger partial charge on any atom is 0.138 e. The molecule has 2 heterocycles. The van der Waals surface area contributed by atoms with E-state index in [1.54, 1.807) is 6.33 Å². The molecule has 1 aromatic heterocycles. The average molecular weight is 167 g/mol. The number of hydrogen-bond acceptors (Lipinski definition) is 3. The molecular formula is C8H13N3O. The zero-order chi connectivity index (χ0) is 8.39. The SMILES string of the molecule is CCn1ncnc1CCC1CO1. The Hall–Kier alpha value is -0.900. The van der Waals surface area contributed by atoms with E-state index in [0.717, 1.165) is 31.8 Å². The van der Waals surface area contributed by atoms with Crippen LogP contribution in [0.15, 0.2) is 6.33 Å². The lowest BCUT2D eigenvalue weighted by Gasteiger charge is -2.00. The van der Waals surface area contributed by atoms with Crippen molar-refractivity contribution in [2.24, 2.45) is 0 Å². The number of ether oxygens (including phenoxy) is 1. The van der Waals surface area contributed by atoms with Crippen LogP contribution in [0.5, 0.6) is 0 Å². The highest BCUT2D eigenvalue weighted by Crippen LogP contribution is 2.15. The molecule has 0 radical (unpaired) electrons.